The second-order valence-corrected chi connectivity index (χ2v) is 3.91. The normalized spacial score (nSPS) is 25.5. The minimum atomic E-state index is -0.428. The van der Waals surface area contributed by atoms with Crippen LogP contribution in [0.5, 0.6) is 0 Å². The Morgan fingerprint density at radius 3 is 2.87 bits per heavy atom. The summed E-state index contributed by atoms with van der Waals surface area (Å²) in [5, 5.41) is 0. The standard InChI is InChI=1S/C13H15FO/c1-10-7-8-13(12(14)9-10)15-11-5-3-2-4-6-11/h3,5-7,9,13H,2,4,8H2,1H3. The minimum absolute atomic E-state index is 0.171. The molecule has 2 aliphatic carbocycles. The van der Waals surface area contributed by atoms with Gasteiger partial charge in [0.05, 0.1) is 0 Å². The summed E-state index contributed by atoms with van der Waals surface area (Å²) in [6.45, 7) is 1.90. The van der Waals surface area contributed by atoms with Gasteiger partial charge in [-0.3, -0.25) is 0 Å². The predicted octanol–water partition coefficient (Wildman–Crippen LogP) is 3.81. The molecule has 1 atom stereocenters. The van der Waals surface area contributed by atoms with Crippen LogP contribution in [0.15, 0.2) is 47.5 Å². The van der Waals surface area contributed by atoms with Crippen LogP contribution in [-0.2, 0) is 4.74 Å². The van der Waals surface area contributed by atoms with Crippen molar-refractivity contribution in [2.45, 2.75) is 32.3 Å². The summed E-state index contributed by atoms with van der Waals surface area (Å²) in [4.78, 5) is 0. The number of hydrogen-bond donors (Lipinski definition) is 0. The van der Waals surface area contributed by atoms with E-state index in [2.05, 4.69) is 6.08 Å². The maximum absolute atomic E-state index is 13.5. The van der Waals surface area contributed by atoms with E-state index in [1.165, 1.54) is 0 Å². The van der Waals surface area contributed by atoms with Gasteiger partial charge in [-0.05, 0) is 38.0 Å². The van der Waals surface area contributed by atoms with Crippen LogP contribution in [0.3, 0.4) is 0 Å². The van der Waals surface area contributed by atoms with Crippen LogP contribution in [0, 0.1) is 0 Å². The van der Waals surface area contributed by atoms with E-state index in [-0.39, 0.29) is 5.83 Å². The number of hydrogen-bond acceptors (Lipinski definition) is 1. The van der Waals surface area contributed by atoms with Crippen LogP contribution < -0.4 is 0 Å². The Morgan fingerprint density at radius 1 is 1.33 bits per heavy atom. The van der Waals surface area contributed by atoms with Gasteiger partial charge in [0, 0.05) is 6.42 Å². The Labute approximate surface area is 89.6 Å². The highest BCUT2D eigenvalue weighted by Crippen LogP contribution is 2.25. The molecule has 0 aromatic heterocycles. The zero-order valence-electron chi connectivity index (χ0n) is 8.87. The van der Waals surface area contributed by atoms with Crippen molar-refractivity contribution in [3.05, 3.63) is 47.5 Å². The third-order valence-electron chi connectivity index (χ3n) is 2.57. The molecule has 0 saturated heterocycles. The first-order valence-corrected chi connectivity index (χ1v) is 5.33. The zero-order valence-corrected chi connectivity index (χ0v) is 8.87. The minimum Gasteiger partial charge on any atom is -0.483 e. The van der Waals surface area contributed by atoms with Gasteiger partial charge in [0.25, 0.3) is 0 Å². The van der Waals surface area contributed by atoms with Gasteiger partial charge < -0.3 is 4.74 Å². The van der Waals surface area contributed by atoms with Crippen molar-refractivity contribution in [3.8, 4) is 0 Å². The smallest absolute Gasteiger partial charge is 0.153 e. The summed E-state index contributed by atoms with van der Waals surface area (Å²) < 4.78 is 19.1. The lowest BCUT2D eigenvalue weighted by Crippen LogP contribution is -2.15. The van der Waals surface area contributed by atoms with Crippen molar-refractivity contribution in [2.75, 3.05) is 0 Å². The molecular formula is C13H15FO. The Kier molecular flexibility index (Phi) is 3.05. The zero-order chi connectivity index (χ0) is 10.7. The summed E-state index contributed by atoms with van der Waals surface area (Å²) in [7, 11) is 0. The van der Waals surface area contributed by atoms with Gasteiger partial charge in [0.1, 0.15) is 11.6 Å². The molecule has 0 saturated carbocycles. The molecule has 0 fully saturated rings. The van der Waals surface area contributed by atoms with Gasteiger partial charge in [-0.2, -0.15) is 0 Å². The summed E-state index contributed by atoms with van der Waals surface area (Å²) in [5.74, 6) is 0.623. The molecule has 0 aromatic carbocycles. The molecule has 1 nitrogen and oxygen atoms in total. The molecule has 0 N–H and O–H groups in total. The quantitative estimate of drug-likeness (QED) is 0.667. The van der Waals surface area contributed by atoms with Crippen LogP contribution in [0.1, 0.15) is 26.2 Å². The Bertz CT molecular complexity index is 361. The lowest BCUT2D eigenvalue weighted by molar-refractivity contribution is 0.133. The molecule has 0 aromatic rings. The van der Waals surface area contributed by atoms with E-state index in [9.17, 15) is 4.39 Å². The molecule has 15 heavy (non-hydrogen) atoms. The van der Waals surface area contributed by atoms with Crippen LogP contribution in [0.2, 0.25) is 0 Å². The van der Waals surface area contributed by atoms with Crippen molar-refractivity contribution < 1.29 is 9.13 Å². The largest absolute Gasteiger partial charge is 0.483 e. The van der Waals surface area contributed by atoms with Crippen LogP contribution in [0.25, 0.3) is 0 Å². The number of halogens is 1. The SMILES string of the molecule is CC1=CCC(OC2=CCCC=C2)C(F)=C1. The van der Waals surface area contributed by atoms with E-state index in [0.717, 1.165) is 24.2 Å². The first-order chi connectivity index (χ1) is 7.25. The fraction of sp³-hybridized carbons (Fsp3) is 0.385. The van der Waals surface area contributed by atoms with Gasteiger partial charge in [-0.15, -0.1) is 0 Å². The van der Waals surface area contributed by atoms with Crippen molar-refractivity contribution >= 4 is 0 Å². The Balaban J connectivity index is 1.99. The third kappa shape index (κ3) is 2.58. The van der Waals surface area contributed by atoms with Crippen LogP contribution in [0.4, 0.5) is 4.39 Å². The van der Waals surface area contributed by atoms with Crippen molar-refractivity contribution in [3.63, 3.8) is 0 Å². The molecule has 0 radical (unpaired) electrons. The summed E-state index contributed by atoms with van der Waals surface area (Å²) in [6.07, 6.45) is 11.8. The predicted molar refractivity (Wildman–Crippen MR) is 58.9 cm³/mol. The first-order valence-electron chi connectivity index (χ1n) is 5.33. The number of rotatable bonds is 2. The fourth-order valence-corrected chi connectivity index (χ4v) is 1.72. The monoisotopic (exact) mass is 206 g/mol. The van der Waals surface area contributed by atoms with E-state index < -0.39 is 6.10 Å². The molecule has 80 valence electrons. The number of allylic oxidation sites excluding steroid dienone is 5. The van der Waals surface area contributed by atoms with Gasteiger partial charge in [-0.25, -0.2) is 4.39 Å². The van der Waals surface area contributed by atoms with Crippen molar-refractivity contribution in [2.24, 2.45) is 0 Å². The Morgan fingerprint density at radius 2 is 2.20 bits per heavy atom. The topological polar surface area (TPSA) is 9.23 Å². The molecule has 0 amide bonds. The molecule has 1 unspecified atom stereocenters. The molecule has 2 heteroatoms. The lowest BCUT2D eigenvalue weighted by Gasteiger charge is -2.21. The summed E-state index contributed by atoms with van der Waals surface area (Å²) in [5.41, 5.74) is 0.973. The molecule has 0 spiro atoms. The van der Waals surface area contributed by atoms with Gasteiger partial charge >= 0.3 is 0 Å². The molecule has 0 aliphatic heterocycles. The average molecular weight is 206 g/mol. The average Bonchev–Trinajstić information content (AvgIpc) is 2.24. The second-order valence-electron chi connectivity index (χ2n) is 3.91. The first kappa shape index (κ1) is 10.2. The number of ether oxygens (including phenoxy) is 1. The molecule has 2 aliphatic rings. The maximum Gasteiger partial charge on any atom is 0.153 e. The highest BCUT2D eigenvalue weighted by Gasteiger charge is 2.19. The summed E-state index contributed by atoms with van der Waals surface area (Å²) >= 11 is 0. The van der Waals surface area contributed by atoms with Crippen molar-refractivity contribution in [1.29, 1.82) is 0 Å². The molecule has 0 bridgehead atoms. The van der Waals surface area contributed by atoms with Gasteiger partial charge in [-0.1, -0.05) is 17.7 Å². The second kappa shape index (κ2) is 4.47. The van der Waals surface area contributed by atoms with E-state index in [0.29, 0.717) is 6.42 Å². The van der Waals surface area contributed by atoms with Gasteiger partial charge in [0.2, 0.25) is 0 Å². The van der Waals surface area contributed by atoms with Crippen molar-refractivity contribution in [1.82, 2.24) is 0 Å². The van der Waals surface area contributed by atoms with E-state index >= 15 is 0 Å². The lowest BCUT2D eigenvalue weighted by atomic mass is 10.0. The molecule has 2 rings (SSSR count). The highest BCUT2D eigenvalue weighted by atomic mass is 19.1. The van der Waals surface area contributed by atoms with E-state index in [1.54, 1.807) is 6.08 Å². The molecular weight excluding hydrogens is 191 g/mol. The summed E-state index contributed by atoms with van der Waals surface area (Å²) in [6, 6.07) is 0. The van der Waals surface area contributed by atoms with Crippen LogP contribution in [-0.4, -0.2) is 6.10 Å². The fourth-order valence-electron chi connectivity index (χ4n) is 1.72. The van der Waals surface area contributed by atoms with Crippen LogP contribution >= 0.6 is 0 Å². The van der Waals surface area contributed by atoms with E-state index in [4.69, 9.17) is 4.74 Å². The molecule has 0 heterocycles. The highest BCUT2D eigenvalue weighted by molar-refractivity contribution is 5.27. The van der Waals surface area contributed by atoms with E-state index in [1.807, 2.05) is 25.2 Å². The van der Waals surface area contributed by atoms with Gasteiger partial charge in [0.15, 0.2) is 6.10 Å². The third-order valence-corrected chi connectivity index (χ3v) is 2.57. The Hall–Kier alpha value is -1.31. The maximum atomic E-state index is 13.5.